The van der Waals surface area contributed by atoms with Crippen LogP contribution in [0.25, 0.3) is 0 Å². The van der Waals surface area contributed by atoms with Gasteiger partial charge in [-0.15, -0.1) is 22.9 Å². The van der Waals surface area contributed by atoms with Gasteiger partial charge in [-0.2, -0.15) is 0 Å². The summed E-state index contributed by atoms with van der Waals surface area (Å²) in [5.41, 5.74) is 2.66. The summed E-state index contributed by atoms with van der Waals surface area (Å²) in [6.45, 7) is 2.17. The molecule has 0 spiro atoms. The molecule has 84 valence electrons. The molecular weight excluding hydrogens is 236 g/mol. The predicted molar refractivity (Wildman–Crippen MR) is 72.4 cm³/mol. The zero-order valence-electron chi connectivity index (χ0n) is 9.32. The van der Waals surface area contributed by atoms with Crippen molar-refractivity contribution >= 4 is 22.9 Å². The maximum absolute atomic E-state index is 6.38. The topological polar surface area (TPSA) is 0 Å². The van der Waals surface area contributed by atoms with Gasteiger partial charge in [-0.05, 0) is 42.3 Å². The summed E-state index contributed by atoms with van der Waals surface area (Å²) in [4.78, 5) is 1.41. The second-order valence-corrected chi connectivity index (χ2v) is 5.57. The zero-order chi connectivity index (χ0) is 11.4. The lowest BCUT2D eigenvalue weighted by molar-refractivity contribution is 0.793. The Labute approximate surface area is 106 Å². The van der Waals surface area contributed by atoms with Crippen LogP contribution in [-0.2, 0) is 6.42 Å². The van der Waals surface area contributed by atoms with Crippen LogP contribution in [0.5, 0.6) is 0 Å². The summed E-state index contributed by atoms with van der Waals surface area (Å²) in [7, 11) is 0. The normalized spacial score (nSPS) is 12.6. The fraction of sp³-hybridized carbons (Fsp3) is 0.286. The molecule has 2 heteroatoms. The number of aryl methyl sites for hydroxylation is 2. The van der Waals surface area contributed by atoms with Crippen molar-refractivity contribution in [2.75, 3.05) is 0 Å². The van der Waals surface area contributed by atoms with Crippen molar-refractivity contribution in [2.24, 2.45) is 0 Å². The summed E-state index contributed by atoms with van der Waals surface area (Å²) >= 11 is 8.19. The van der Waals surface area contributed by atoms with Gasteiger partial charge in [-0.3, -0.25) is 0 Å². The van der Waals surface area contributed by atoms with E-state index in [4.69, 9.17) is 11.6 Å². The number of rotatable bonds is 4. The minimum atomic E-state index is 0.125. The van der Waals surface area contributed by atoms with Gasteiger partial charge in [0.05, 0.1) is 5.38 Å². The Hall–Kier alpha value is -0.790. The van der Waals surface area contributed by atoms with Crippen molar-refractivity contribution in [3.05, 3.63) is 57.8 Å². The van der Waals surface area contributed by atoms with Crippen molar-refractivity contribution in [3.8, 4) is 0 Å². The van der Waals surface area contributed by atoms with E-state index in [9.17, 15) is 0 Å². The molecule has 0 aliphatic rings. The average molecular weight is 251 g/mol. The molecule has 2 aromatic rings. The van der Waals surface area contributed by atoms with Crippen molar-refractivity contribution in [3.63, 3.8) is 0 Å². The van der Waals surface area contributed by atoms with E-state index in [1.54, 1.807) is 0 Å². The third-order valence-corrected chi connectivity index (χ3v) is 4.15. The first-order valence-electron chi connectivity index (χ1n) is 5.49. The van der Waals surface area contributed by atoms with Crippen LogP contribution in [0.3, 0.4) is 0 Å². The van der Waals surface area contributed by atoms with Crippen molar-refractivity contribution in [2.45, 2.75) is 25.1 Å². The van der Waals surface area contributed by atoms with Gasteiger partial charge in [0, 0.05) is 4.88 Å². The van der Waals surface area contributed by atoms with E-state index in [1.165, 1.54) is 16.0 Å². The summed E-state index contributed by atoms with van der Waals surface area (Å²) < 4.78 is 0. The molecule has 0 nitrogen and oxygen atoms in total. The molecular formula is C14H15ClS. The lowest BCUT2D eigenvalue weighted by Gasteiger charge is -2.09. The van der Waals surface area contributed by atoms with Crippen LogP contribution in [0.2, 0.25) is 0 Å². The smallest absolute Gasteiger partial charge is 0.0588 e. The Bertz CT molecular complexity index is 433. The molecule has 1 aromatic heterocycles. The molecule has 0 N–H and O–H groups in total. The number of halogens is 1. The van der Waals surface area contributed by atoms with Crippen LogP contribution in [0.15, 0.2) is 41.8 Å². The molecule has 0 saturated carbocycles. The SMILES string of the molecule is Cc1sccc1CCC(Cl)c1ccccc1. The van der Waals surface area contributed by atoms with Gasteiger partial charge in [0.2, 0.25) is 0 Å². The van der Waals surface area contributed by atoms with Crippen molar-refractivity contribution in [1.29, 1.82) is 0 Å². The van der Waals surface area contributed by atoms with E-state index in [1.807, 2.05) is 29.5 Å². The van der Waals surface area contributed by atoms with Crippen LogP contribution in [-0.4, -0.2) is 0 Å². The van der Waals surface area contributed by atoms with Crippen molar-refractivity contribution < 1.29 is 0 Å². The van der Waals surface area contributed by atoms with Gasteiger partial charge in [-0.25, -0.2) is 0 Å². The lowest BCUT2D eigenvalue weighted by atomic mass is 10.0. The van der Waals surface area contributed by atoms with Crippen LogP contribution >= 0.6 is 22.9 Å². The third kappa shape index (κ3) is 2.87. The molecule has 1 heterocycles. The predicted octanol–water partition coefficient (Wildman–Crippen LogP) is 4.97. The fourth-order valence-corrected chi connectivity index (χ4v) is 2.79. The Balaban J connectivity index is 1.94. The zero-order valence-corrected chi connectivity index (χ0v) is 10.9. The van der Waals surface area contributed by atoms with Gasteiger partial charge in [-0.1, -0.05) is 30.3 Å². The monoisotopic (exact) mass is 250 g/mol. The molecule has 16 heavy (non-hydrogen) atoms. The summed E-state index contributed by atoms with van der Waals surface area (Å²) in [5, 5.41) is 2.27. The van der Waals surface area contributed by atoms with E-state index in [2.05, 4.69) is 30.5 Å². The minimum Gasteiger partial charge on any atom is -0.149 e. The molecule has 0 bridgehead atoms. The number of alkyl halides is 1. The van der Waals surface area contributed by atoms with E-state index in [0.717, 1.165) is 12.8 Å². The summed E-state index contributed by atoms with van der Waals surface area (Å²) in [6.07, 6.45) is 2.07. The van der Waals surface area contributed by atoms with Gasteiger partial charge in [0.25, 0.3) is 0 Å². The van der Waals surface area contributed by atoms with Gasteiger partial charge >= 0.3 is 0 Å². The molecule has 0 amide bonds. The maximum Gasteiger partial charge on any atom is 0.0588 e. The van der Waals surface area contributed by atoms with E-state index >= 15 is 0 Å². The lowest BCUT2D eigenvalue weighted by Crippen LogP contribution is -1.93. The Morgan fingerprint density at radius 3 is 2.56 bits per heavy atom. The number of hydrogen-bond donors (Lipinski definition) is 0. The largest absolute Gasteiger partial charge is 0.149 e. The second-order valence-electron chi connectivity index (χ2n) is 3.92. The highest BCUT2D eigenvalue weighted by molar-refractivity contribution is 7.10. The molecule has 1 atom stereocenters. The summed E-state index contributed by atoms with van der Waals surface area (Å²) in [5.74, 6) is 0. The van der Waals surface area contributed by atoms with Crippen LogP contribution in [0.1, 0.15) is 27.8 Å². The van der Waals surface area contributed by atoms with E-state index in [0.29, 0.717) is 0 Å². The Kier molecular flexibility index (Phi) is 4.03. The quantitative estimate of drug-likeness (QED) is 0.672. The molecule has 1 unspecified atom stereocenters. The van der Waals surface area contributed by atoms with E-state index < -0.39 is 0 Å². The van der Waals surface area contributed by atoms with Gasteiger partial charge in [0.1, 0.15) is 0 Å². The molecule has 0 aliphatic carbocycles. The van der Waals surface area contributed by atoms with Gasteiger partial charge < -0.3 is 0 Å². The third-order valence-electron chi connectivity index (χ3n) is 2.79. The fourth-order valence-electron chi connectivity index (χ4n) is 1.78. The van der Waals surface area contributed by atoms with Crippen LogP contribution in [0, 0.1) is 6.92 Å². The summed E-state index contributed by atoms with van der Waals surface area (Å²) in [6, 6.07) is 12.5. The second kappa shape index (κ2) is 5.51. The minimum absolute atomic E-state index is 0.125. The van der Waals surface area contributed by atoms with Crippen LogP contribution < -0.4 is 0 Å². The first-order valence-corrected chi connectivity index (χ1v) is 6.81. The first kappa shape index (κ1) is 11.7. The van der Waals surface area contributed by atoms with Gasteiger partial charge in [0.15, 0.2) is 0 Å². The standard InChI is InChI=1S/C14H15ClS/c1-11-12(9-10-16-11)7-8-14(15)13-5-3-2-4-6-13/h2-6,9-10,14H,7-8H2,1H3. The molecule has 0 saturated heterocycles. The molecule has 0 aliphatic heterocycles. The molecule has 1 aromatic carbocycles. The van der Waals surface area contributed by atoms with Crippen molar-refractivity contribution in [1.82, 2.24) is 0 Å². The molecule has 2 rings (SSSR count). The number of benzene rings is 1. The van der Waals surface area contributed by atoms with E-state index in [-0.39, 0.29) is 5.38 Å². The maximum atomic E-state index is 6.38. The highest BCUT2D eigenvalue weighted by Gasteiger charge is 2.08. The highest BCUT2D eigenvalue weighted by Crippen LogP contribution is 2.27. The average Bonchev–Trinajstić information content (AvgIpc) is 2.73. The highest BCUT2D eigenvalue weighted by atomic mass is 35.5. The number of hydrogen-bond acceptors (Lipinski definition) is 1. The molecule has 0 fully saturated rings. The Morgan fingerprint density at radius 1 is 1.19 bits per heavy atom. The van der Waals surface area contributed by atoms with Crippen LogP contribution in [0.4, 0.5) is 0 Å². The molecule has 0 radical (unpaired) electrons. The number of thiophene rings is 1. The Morgan fingerprint density at radius 2 is 1.94 bits per heavy atom. The first-order chi connectivity index (χ1) is 7.77.